The standard InChI is InChI=1S/C38H41F2N3O6/c1-5-7-23-49-37-31(44)19-21-42-35(37)38(45)41(3)32(20-24-47-25-26-13-15-28(46-4)16-14-26)43(42)34(27-11-9-8-10-12-27)29-17-18-30(39)33(40)36(29)48-22-6-2/h6,8-19,21,32,34H,2,5,7,20,22-25H2,1,3-4H3. The first-order valence-electron chi connectivity index (χ1n) is 16.2. The van der Waals surface area contributed by atoms with Crippen molar-refractivity contribution in [1.29, 1.82) is 0 Å². The molecule has 5 rings (SSSR count). The van der Waals surface area contributed by atoms with Crippen LogP contribution in [0.2, 0.25) is 0 Å². The van der Waals surface area contributed by atoms with Crippen LogP contribution >= 0.6 is 0 Å². The first-order valence-corrected chi connectivity index (χ1v) is 16.2. The highest BCUT2D eigenvalue weighted by Gasteiger charge is 2.43. The van der Waals surface area contributed by atoms with Crippen LogP contribution in [-0.2, 0) is 11.3 Å². The number of aromatic nitrogens is 1. The first kappa shape index (κ1) is 35.2. The Morgan fingerprint density at radius 1 is 0.939 bits per heavy atom. The third-order valence-corrected chi connectivity index (χ3v) is 8.35. The van der Waals surface area contributed by atoms with Gasteiger partial charge in [0.05, 0.1) is 26.9 Å². The van der Waals surface area contributed by atoms with Gasteiger partial charge in [0, 0.05) is 31.3 Å². The van der Waals surface area contributed by atoms with Gasteiger partial charge in [0.15, 0.2) is 23.0 Å². The van der Waals surface area contributed by atoms with E-state index in [1.165, 1.54) is 29.3 Å². The fourth-order valence-corrected chi connectivity index (χ4v) is 5.86. The number of carbonyl (C=O) groups excluding carboxylic acids is 1. The predicted octanol–water partition coefficient (Wildman–Crippen LogP) is 6.63. The van der Waals surface area contributed by atoms with Crippen molar-refractivity contribution in [3.05, 3.63) is 136 Å². The second-order valence-electron chi connectivity index (χ2n) is 11.6. The van der Waals surface area contributed by atoms with Crippen molar-refractivity contribution in [2.75, 3.05) is 39.0 Å². The van der Waals surface area contributed by atoms with E-state index in [1.54, 1.807) is 18.8 Å². The molecule has 0 spiro atoms. The number of pyridine rings is 1. The molecule has 0 radical (unpaired) electrons. The van der Waals surface area contributed by atoms with Crippen LogP contribution in [0.3, 0.4) is 0 Å². The largest absolute Gasteiger partial charge is 0.497 e. The Bertz CT molecular complexity index is 1800. The summed E-state index contributed by atoms with van der Waals surface area (Å²) < 4.78 is 55.0. The van der Waals surface area contributed by atoms with Gasteiger partial charge >= 0.3 is 0 Å². The number of carbonyl (C=O) groups is 1. The molecular formula is C38H41F2N3O6. The molecule has 2 heterocycles. The van der Waals surface area contributed by atoms with Crippen LogP contribution < -0.4 is 24.6 Å². The number of unbranched alkanes of at least 4 members (excludes halogenated alkanes) is 1. The van der Waals surface area contributed by atoms with Crippen molar-refractivity contribution < 1.29 is 32.5 Å². The van der Waals surface area contributed by atoms with E-state index in [-0.39, 0.29) is 37.0 Å². The van der Waals surface area contributed by atoms with Gasteiger partial charge in [0.2, 0.25) is 11.2 Å². The van der Waals surface area contributed by atoms with E-state index in [2.05, 4.69) is 6.58 Å². The lowest BCUT2D eigenvalue weighted by molar-refractivity contribution is 0.0497. The van der Waals surface area contributed by atoms with Crippen molar-refractivity contribution in [3.63, 3.8) is 0 Å². The van der Waals surface area contributed by atoms with E-state index in [4.69, 9.17) is 18.9 Å². The number of methoxy groups -OCH3 is 1. The van der Waals surface area contributed by atoms with Crippen molar-refractivity contribution in [1.82, 2.24) is 9.58 Å². The van der Waals surface area contributed by atoms with Gasteiger partial charge in [0.1, 0.15) is 24.6 Å². The average molecular weight is 674 g/mol. The second-order valence-corrected chi connectivity index (χ2v) is 11.6. The van der Waals surface area contributed by atoms with Gasteiger partial charge in [-0.05, 0) is 41.8 Å². The number of hydrogen-bond acceptors (Lipinski definition) is 7. The van der Waals surface area contributed by atoms with E-state index in [1.807, 2.05) is 66.5 Å². The SMILES string of the molecule is C=CCOc1c(C(c2ccccc2)N2C(CCOCc3ccc(OC)cc3)N(C)C(=O)c3c(OCCCC)c(=O)ccn32)ccc(F)c1F. The number of halogens is 2. The summed E-state index contributed by atoms with van der Waals surface area (Å²) in [6, 6.07) is 19.8. The molecule has 4 aromatic rings. The molecule has 11 heteroatoms. The topological polar surface area (TPSA) is 82.5 Å². The molecule has 0 N–H and O–H groups in total. The van der Waals surface area contributed by atoms with Gasteiger partial charge in [-0.3, -0.25) is 19.3 Å². The zero-order chi connectivity index (χ0) is 34.9. The Balaban J connectivity index is 1.65. The molecule has 1 amide bonds. The zero-order valence-electron chi connectivity index (χ0n) is 27.9. The molecule has 0 saturated carbocycles. The van der Waals surface area contributed by atoms with E-state index < -0.39 is 35.2 Å². The van der Waals surface area contributed by atoms with Crippen LogP contribution in [0.25, 0.3) is 0 Å². The fraction of sp³-hybridized carbons (Fsp3) is 0.316. The quantitative estimate of drug-likeness (QED) is 0.0977. The average Bonchev–Trinajstić information content (AvgIpc) is 3.12. The number of fused-ring (bicyclic) bond motifs is 1. The Morgan fingerprint density at radius 3 is 2.39 bits per heavy atom. The smallest absolute Gasteiger partial charge is 0.277 e. The van der Waals surface area contributed by atoms with Crippen LogP contribution in [0, 0.1) is 11.6 Å². The van der Waals surface area contributed by atoms with Gasteiger partial charge < -0.3 is 23.8 Å². The third kappa shape index (κ3) is 7.62. The van der Waals surface area contributed by atoms with Crippen LogP contribution in [0.5, 0.6) is 17.2 Å². The third-order valence-electron chi connectivity index (χ3n) is 8.35. The number of rotatable bonds is 16. The summed E-state index contributed by atoms with van der Waals surface area (Å²) in [5, 5.41) is 1.86. The summed E-state index contributed by atoms with van der Waals surface area (Å²) >= 11 is 0. The Labute approximate surface area is 284 Å². The number of amides is 1. The fourth-order valence-electron chi connectivity index (χ4n) is 5.86. The van der Waals surface area contributed by atoms with E-state index in [0.717, 1.165) is 23.8 Å². The summed E-state index contributed by atoms with van der Waals surface area (Å²) in [5.74, 6) is -2.28. The van der Waals surface area contributed by atoms with Gasteiger partial charge in [-0.2, -0.15) is 4.39 Å². The second kappa shape index (κ2) is 16.3. The molecule has 3 aromatic carbocycles. The maximum absolute atomic E-state index is 15.6. The molecule has 2 atom stereocenters. The molecule has 1 aliphatic heterocycles. The van der Waals surface area contributed by atoms with Crippen molar-refractivity contribution in [2.45, 2.75) is 45.0 Å². The molecule has 2 unspecified atom stereocenters. The molecule has 1 aromatic heterocycles. The van der Waals surface area contributed by atoms with E-state index >= 15 is 4.39 Å². The molecule has 258 valence electrons. The first-order chi connectivity index (χ1) is 23.8. The molecule has 0 bridgehead atoms. The van der Waals surface area contributed by atoms with E-state index in [0.29, 0.717) is 30.6 Å². The molecule has 0 aliphatic carbocycles. The zero-order valence-corrected chi connectivity index (χ0v) is 27.9. The molecule has 0 fully saturated rings. The highest BCUT2D eigenvalue weighted by molar-refractivity contribution is 5.96. The Hall–Kier alpha value is -5.16. The van der Waals surface area contributed by atoms with Crippen molar-refractivity contribution in [3.8, 4) is 17.2 Å². The monoisotopic (exact) mass is 673 g/mol. The normalized spacial score (nSPS) is 14.7. The maximum Gasteiger partial charge on any atom is 0.277 e. The molecule has 0 saturated heterocycles. The van der Waals surface area contributed by atoms with Crippen molar-refractivity contribution in [2.24, 2.45) is 0 Å². The van der Waals surface area contributed by atoms with Gasteiger partial charge in [-0.15, -0.1) is 0 Å². The number of ether oxygens (including phenoxy) is 4. The Morgan fingerprint density at radius 2 is 1.69 bits per heavy atom. The maximum atomic E-state index is 15.6. The minimum atomic E-state index is -1.15. The number of benzene rings is 3. The molecule has 49 heavy (non-hydrogen) atoms. The van der Waals surface area contributed by atoms with Crippen LogP contribution in [0.1, 0.15) is 59.4 Å². The minimum Gasteiger partial charge on any atom is -0.497 e. The summed E-state index contributed by atoms with van der Waals surface area (Å²) in [6.07, 6.45) is 4.09. The van der Waals surface area contributed by atoms with Crippen LogP contribution in [0.15, 0.2) is 96.4 Å². The van der Waals surface area contributed by atoms with Gasteiger partial charge in [-0.25, -0.2) is 4.39 Å². The molecular weight excluding hydrogens is 632 g/mol. The number of hydrogen-bond donors (Lipinski definition) is 0. The highest BCUT2D eigenvalue weighted by atomic mass is 19.2. The summed E-state index contributed by atoms with van der Waals surface area (Å²) in [7, 11) is 3.24. The molecule has 1 aliphatic rings. The minimum absolute atomic E-state index is 0.0265. The van der Waals surface area contributed by atoms with Gasteiger partial charge in [0.25, 0.3) is 5.91 Å². The summed E-state index contributed by atoms with van der Waals surface area (Å²) in [4.78, 5) is 28.9. The van der Waals surface area contributed by atoms with E-state index in [9.17, 15) is 14.0 Å². The predicted molar refractivity (Wildman–Crippen MR) is 183 cm³/mol. The lowest BCUT2D eigenvalue weighted by Gasteiger charge is -2.49. The summed E-state index contributed by atoms with van der Waals surface area (Å²) in [6.45, 7) is 6.39. The lowest BCUT2D eigenvalue weighted by Crippen LogP contribution is -2.61. The Kier molecular flexibility index (Phi) is 11.7. The lowest BCUT2D eigenvalue weighted by atomic mass is 9.95. The van der Waals surface area contributed by atoms with Crippen LogP contribution in [0.4, 0.5) is 8.78 Å². The summed E-state index contributed by atoms with van der Waals surface area (Å²) in [5.41, 5.74) is 1.53. The van der Waals surface area contributed by atoms with Crippen molar-refractivity contribution >= 4 is 5.91 Å². The number of nitrogens with zero attached hydrogens (tertiary/aromatic N) is 3. The van der Waals surface area contributed by atoms with Crippen LogP contribution in [-0.4, -0.2) is 55.6 Å². The molecule has 9 nitrogen and oxygen atoms in total. The highest BCUT2D eigenvalue weighted by Crippen LogP contribution is 2.40. The van der Waals surface area contributed by atoms with Gasteiger partial charge in [-0.1, -0.05) is 68.5 Å².